The Morgan fingerprint density at radius 2 is 2.33 bits per heavy atom. The Balaban J connectivity index is 2.79. The molecule has 1 aliphatic rings. The monoisotopic (exact) mass is 208 g/mol. The summed E-state index contributed by atoms with van der Waals surface area (Å²) in [5.74, 6) is 0. The molecule has 0 aromatic heterocycles. The summed E-state index contributed by atoms with van der Waals surface area (Å²) in [6.07, 6.45) is 2.25. The van der Waals surface area contributed by atoms with Crippen LogP contribution in [0, 0.1) is 4.91 Å². The third-order valence-corrected chi connectivity index (χ3v) is 2.96. The van der Waals surface area contributed by atoms with E-state index in [1.807, 2.05) is 0 Å². The van der Waals surface area contributed by atoms with Crippen LogP contribution in [0.25, 0.3) is 0 Å². The maximum Gasteiger partial charge on any atom is 0.0994 e. The number of nitrogens with zero attached hydrogens (tertiary/aromatic N) is 1. The minimum absolute atomic E-state index is 0.0556. The summed E-state index contributed by atoms with van der Waals surface area (Å²) in [5, 5.41) is 5.42. The molecule has 0 radical (unpaired) electrons. The molecule has 3 unspecified atom stereocenters. The van der Waals surface area contributed by atoms with Gasteiger partial charge in [-0.3, -0.25) is 0 Å². The third-order valence-electron chi connectivity index (χ3n) is 1.95. The first-order chi connectivity index (χ1) is 5.69. The van der Waals surface area contributed by atoms with Gasteiger partial charge in [-0.25, -0.2) is 0 Å². The lowest BCUT2D eigenvalue weighted by atomic mass is 9.99. The first kappa shape index (κ1) is 9.96. The van der Waals surface area contributed by atoms with Crippen LogP contribution >= 0.6 is 23.2 Å². The van der Waals surface area contributed by atoms with Crippen molar-refractivity contribution in [3.63, 3.8) is 0 Å². The predicted molar refractivity (Wildman–Crippen MR) is 50.6 cm³/mol. The molecule has 0 spiro atoms. The maximum absolute atomic E-state index is 10.3. The average molecular weight is 209 g/mol. The van der Waals surface area contributed by atoms with Gasteiger partial charge in [0.05, 0.1) is 22.5 Å². The van der Waals surface area contributed by atoms with Gasteiger partial charge in [0.15, 0.2) is 0 Å². The highest BCUT2D eigenvalue weighted by molar-refractivity contribution is 6.31. The smallest absolute Gasteiger partial charge is 0.0994 e. The highest BCUT2D eigenvalue weighted by atomic mass is 35.5. The zero-order valence-electron chi connectivity index (χ0n) is 6.63. The van der Waals surface area contributed by atoms with Gasteiger partial charge in [0.25, 0.3) is 0 Å². The number of nitrogens with one attached hydrogen (secondary N) is 1. The van der Waals surface area contributed by atoms with Crippen LogP contribution in [0.15, 0.2) is 16.9 Å². The van der Waals surface area contributed by atoms with Crippen molar-refractivity contribution in [1.29, 1.82) is 0 Å². The van der Waals surface area contributed by atoms with Gasteiger partial charge in [-0.2, -0.15) is 0 Å². The molecule has 3 nitrogen and oxygen atoms in total. The number of allylic oxidation sites excluding steroid dienone is 1. The fourth-order valence-electron chi connectivity index (χ4n) is 1.22. The normalized spacial score (nSPS) is 35.9. The SMILES string of the molecule is CNC1CC(Cl)C(Cl)C=C1N=O. The van der Waals surface area contributed by atoms with E-state index in [1.165, 1.54) is 0 Å². The second-order valence-corrected chi connectivity index (χ2v) is 3.78. The summed E-state index contributed by atoms with van der Waals surface area (Å²) in [6.45, 7) is 0. The number of alkyl halides is 2. The number of hydrogen-bond donors (Lipinski definition) is 1. The summed E-state index contributed by atoms with van der Waals surface area (Å²) in [5.41, 5.74) is 0.453. The molecular formula is C7H10Cl2N2O. The van der Waals surface area contributed by atoms with Crippen molar-refractivity contribution in [3.8, 4) is 0 Å². The van der Waals surface area contributed by atoms with E-state index in [2.05, 4.69) is 10.5 Å². The van der Waals surface area contributed by atoms with Gasteiger partial charge in [0, 0.05) is 0 Å². The van der Waals surface area contributed by atoms with Gasteiger partial charge < -0.3 is 5.32 Å². The average Bonchev–Trinajstić information content (AvgIpc) is 2.09. The topological polar surface area (TPSA) is 41.5 Å². The molecule has 0 aromatic rings. The van der Waals surface area contributed by atoms with E-state index in [0.717, 1.165) is 0 Å². The lowest BCUT2D eigenvalue weighted by Crippen LogP contribution is -2.36. The fourth-order valence-corrected chi connectivity index (χ4v) is 1.70. The number of nitroso groups, excluding NO2 is 1. The van der Waals surface area contributed by atoms with Gasteiger partial charge in [-0.15, -0.1) is 28.1 Å². The lowest BCUT2D eigenvalue weighted by molar-refractivity contribution is 0.542. The van der Waals surface area contributed by atoms with Gasteiger partial charge in [-0.1, -0.05) is 0 Å². The molecule has 0 saturated heterocycles. The second-order valence-electron chi connectivity index (χ2n) is 2.72. The molecule has 1 N–H and O–H groups in total. The Bertz CT molecular complexity index is 208. The molecule has 0 saturated carbocycles. The van der Waals surface area contributed by atoms with E-state index in [1.54, 1.807) is 13.1 Å². The molecular weight excluding hydrogens is 199 g/mol. The van der Waals surface area contributed by atoms with Crippen molar-refractivity contribution < 1.29 is 0 Å². The van der Waals surface area contributed by atoms with Crippen LogP contribution in [0.5, 0.6) is 0 Å². The minimum Gasteiger partial charge on any atom is -0.312 e. The second kappa shape index (κ2) is 4.21. The standard InChI is InChI=1S/C7H10Cl2N2O/c1-10-6-2-4(8)5(9)3-7(6)11-12/h3-6,10H,2H2,1H3. The summed E-state index contributed by atoms with van der Waals surface area (Å²) in [7, 11) is 1.77. The van der Waals surface area contributed by atoms with Gasteiger partial charge >= 0.3 is 0 Å². The largest absolute Gasteiger partial charge is 0.312 e. The highest BCUT2D eigenvalue weighted by Crippen LogP contribution is 2.27. The van der Waals surface area contributed by atoms with E-state index in [0.29, 0.717) is 12.1 Å². The Morgan fingerprint density at radius 3 is 2.83 bits per heavy atom. The molecule has 3 atom stereocenters. The maximum atomic E-state index is 10.3. The molecule has 0 amide bonds. The Hall–Kier alpha value is -0.120. The van der Waals surface area contributed by atoms with Crippen LogP contribution in [0.1, 0.15) is 6.42 Å². The molecule has 0 aliphatic heterocycles. The fraction of sp³-hybridized carbons (Fsp3) is 0.714. The van der Waals surface area contributed by atoms with Gasteiger partial charge in [-0.05, 0) is 24.7 Å². The van der Waals surface area contributed by atoms with Crippen molar-refractivity contribution in [1.82, 2.24) is 5.32 Å². The van der Waals surface area contributed by atoms with Crippen molar-refractivity contribution in [3.05, 3.63) is 16.7 Å². The highest BCUT2D eigenvalue weighted by Gasteiger charge is 2.28. The van der Waals surface area contributed by atoms with E-state index >= 15 is 0 Å². The molecule has 1 rings (SSSR count). The Kier molecular flexibility index (Phi) is 3.50. The zero-order chi connectivity index (χ0) is 9.14. The molecule has 1 aliphatic carbocycles. The number of hydrogen-bond acceptors (Lipinski definition) is 3. The zero-order valence-corrected chi connectivity index (χ0v) is 8.14. The number of halogens is 2. The number of likely N-dealkylation sites (N-methyl/N-ethyl adjacent to an activating group) is 1. The van der Waals surface area contributed by atoms with Crippen molar-refractivity contribution in [2.45, 2.75) is 23.2 Å². The quantitative estimate of drug-likeness (QED) is 0.556. The summed E-state index contributed by atoms with van der Waals surface area (Å²) in [6, 6.07) is -0.0556. The molecule has 12 heavy (non-hydrogen) atoms. The third kappa shape index (κ3) is 1.97. The number of rotatable bonds is 2. The molecule has 5 heteroatoms. The minimum atomic E-state index is -0.288. The molecule has 0 aromatic carbocycles. The predicted octanol–water partition coefficient (Wildman–Crippen LogP) is 1.84. The Morgan fingerprint density at radius 1 is 1.67 bits per heavy atom. The van der Waals surface area contributed by atoms with E-state index in [9.17, 15) is 4.91 Å². The van der Waals surface area contributed by atoms with Crippen molar-refractivity contribution in [2.24, 2.45) is 5.18 Å². The van der Waals surface area contributed by atoms with Crippen LogP contribution < -0.4 is 5.32 Å². The van der Waals surface area contributed by atoms with E-state index < -0.39 is 0 Å². The van der Waals surface area contributed by atoms with Gasteiger partial charge in [0.2, 0.25) is 0 Å². The van der Waals surface area contributed by atoms with Crippen molar-refractivity contribution >= 4 is 23.2 Å². The van der Waals surface area contributed by atoms with Crippen LogP contribution in [0.2, 0.25) is 0 Å². The van der Waals surface area contributed by atoms with Crippen LogP contribution in [-0.4, -0.2) is 23.8 Å². The summed E-state index contributed by atoms with van der Waals surface area (Å²) in [4.78, 5) is 10.3. The molecule has 0 bridgehead atoms. The van der Waals surface area contributed by atoms with Crippen LogP contribution in [0.4, 0.5) is 0 Å². The van der Waals surface area contributed by atoms with E-state index in [-0.39, 0.29) is 16.8 Å². The summed E-state index contributed by atoms with van der Waals surface area (Å²) < 4.78 is 0. The molecule has 68 valence electrons. The summed E-state index contributed by atoms with van der Waals surface area (Å²) >= 11 is 11.7. The molecule has 0 fully saturated rings. The van der Waals surface area contributed by atoms with Crippen molar-refractivity contribution in [2.75, 3.05) is 7.05 Å². The molecule has 0 heterocycles. The first-order valence-electron chi connectivity index (χ1n) is 3.69. The lowest BCUT2D eigenvalue weighted by Gasteiger charge is -2.25. The van der Waals surface area contributed by atoms with Gasteiger partial charge in [0.1, 0.15) is 0 Å². The van der Waals surface area contributed by atoms with Crippen LogP contribution in [0.3, 0.4) is 0 Å². The van der Waals surface area contributed by atoms with Crippen LogP contribution in [-0.2, 0) is 0 Å². The first-order valence-corrected chi connectivity index (χ1v) is 4.56. The van der Waals surface area contributed by atoms with E-state index in [4.69, 9.17) is 23.2 Å². The Labute approximate surface area is 81.1 Å².